The van der Waals surface area contributed by atoms with Crippen molar-refractivity contribution in [3.63, 3.8) is 0 Å². The predicted octanol–water partition coefficient (Wildman–Crippen LogP) is 4.18. The summed E-state index contributed by atoms with van der Waals surface area (Å²) in [7, 11) is 0. The van der Waals surface area contributed by atoms with Crippen LogP contribution in [0, 0.1) is 16.4 Å². The molecule has 88 valence electrons. The Bertz CT molecular complexity index is 356. The SMILES string of the molecule is Cc1cccc(C(N)CC2CCCC2)c1I. The molecule has 0 aliphatic heterocycles. The zero-order valence-electron chi connectivity index (χ0n) is 9.88. The largest absolute Gasteiger partial charge is 0.324 e. The quantitative estimate of drug-likeness (QED) is 0.827. The van der Waals surface area contributed by atoms with Crippen LogP contribution in [0.1, 0.15) is 49.3 Å². The smallest absolute Gasteiger partial charge is 0.0308 e. The minimum absolute atomic E-state index is 0.231. The van der Waals surface area contributed by atoms with E-state index in [0.717, 1.165) is 5.92 Å². The molecule has 1 aromatic carbocycles. The number of aryl methyl sites for hydroxylation is 1. The van der Waals surface area contributed by atoms with Gasteiger partial charge < -0.3 is 5.73 Å². The first-order valence-electron chi connectivity index (χ1n) is 6.19. The molecule has 0 amide bonds. The maximum Gasteiger partial charge on any atom is 0.0308 e. The number of benzene rings is 1. The molecule has 0 saturated heterocycles. The predicted molar refractivity (Wildman–Crippen MR) is 77.4 cm³/mol. The first-order chi connectivity index (χ1) is 7.68. The molecule has 1 fully saturated rings. The van der Waals surface area contributed by atoms with Crippen LogP contribution in [-0.2, 0) is 0 Å². The Morgan fingerprint density at radius 1 is 1.38 bits per heavy atom. The zero-order valence-corrected chi connectivity index (χ0v) is 12.0. The van der Waals surface area contributed by atoms with E-state index >= 15 is 0 Å². The Balaban J connectivity index is 2.07. The lowest BCUT2D eigenvalue weighted by Gasteiger charge is -2.18. The van der Waals surface area contributed by atoms with Crippen molar-refractivity contribution in [2.75, 3.05) is 0 Å². The van der Waals surface area contributed by atoms with Crippen molar-refractivity contribution in [2.24, 2.45) is 11.7 Å². The van der Waals surface area contributed by atoms with E-state index < -0.39 is 0 Å². The Morgan fingerprint density at radius 2 is 2.06 bits per heavy atom. The van der Waals surface area contributed by atoms with Crippen LogP contribution in [0.2, 0.25) is 0 Å². The number of hydrogen-bond donors (Lipinski definition) is 1. The van der Waals surface area contributed by atoms with Gasteiger partial charge in [-0.05, 0) is 53.0 Å². The molecule has 2 heteroatoms. The molecule has 1 aliphatic carbocycles. The average molecular weight is 329 g/mol. The van der Waals surface area contributed by atoms with Crippen LogP contribution in [-0.4, -0.2) is 0 Å². The third-order valence-corrected chi connectivity index (χ3v) is 5.16. The molecule has 1 saturated carbocycles. The molecule has 2 N–H and O–H groups in total. The monoisotopic (exact) mass is 329 g/mol. The van der Waals surface area contributed by atoms with E-state index in [1.807, 2.05) is 0 Å². The summed E-state index contributed by atoms with van der Waals surface area (Å²) in [5, 5.41) is 0. The molecule has 0 radical (unpaired) electrons. The molecule has 1 unspecified atom stereocenters. The van der Waals surface area contributed by atoms with Crippen LogP contribution < -0.4 is 5.73 Å². The fourth-order valence-corrected chi connectivity index (χ4v) is 3.45. The molecule has 0 spiro atoms. The van der Waals surface area contributed by atoms with Crippen molar-refractivity contribution in [2.45, 2.75) is 45.1 Å². The van der Waals surface area contributed by atoms with Gasteiger partial charge in [0.2, 0.25) is 0 Å². The lowest BCUT2D eigenvalue weighted by atomic mass is 9.93. The second kappa shape index (κ2) is 5.50. The molecule has 0 bridgehead atoms. The Labute approximate surface area is 112 Å². The maximum absolute atomic E-state index is 6.34. The highest BCUT2D eigenvalue weighted by molar-refractivity contribution is 14.1. The third-order valence-electron chi connectivity index (χ3n) is 3.68. The number of rotatable bonds is 3. The third kappa shape index (κ3) is 2.77. The summed E-state index contributed by atoms with van der Waals surface area (Å²) in [5.74, 6) is 0.867. The molecule has 1 aliphatic rings. The van der Waals surface area contributed by atoms with Gasteiger partial charge in [-0.1, -0.05) is 43.9 Å². The van der Waals surface area contributed by atoms with Crippen molar-refractivity contribution in [3.8, 4) is 0 Å². The molecule has 2 rings (SSSR count). The van der Waals surface area contributed by atoms with E-state index in [2.05, 4.69) is 47.7 Å². The van der Waals surface area contributed by atoms with E-state index in [0.29, 0.717) is 0 Å². The molecular formula is C14H20IN. The topological polar surface area (TPSA) is 26.0 Å². The Kier molecular flexibility index (Phi) is 4.25. The van der Waals surface area contributed by atoms with E-state index in [9.17, 15) is 0 Å². The Morgan fingerprint density at radius 3 is 2.75 bits per heavy atom. The lowest BCUT2D eigenvalue weighted by Crippen LogP contribution is -2.15. The first-order valence-corrected chi connectivity index (χ1v) is 7.27. The van der Waals surface area contributed by atoms with Crippen molar-refractivity contribution >= 4 is 22.6 Å². The minimum Gasteiger partial charge on any atom is -0.324 e. The standard InChI is InChI=1S/C14H20IN/c1-10-5-4-8-12(14(10)15)13(16)9-11-6-2-3-7-11/h4-5,8,11,13H,2-3,6-7,9,16H2,1H3. The maximum atomic E-state index is 6.34. The van der Waals surface area contributed by atoms with Crippen LogP contribution in [0.3, 0.4) is 0 Å². The highest BCUT2D eigenvalue weighted by Gasteiger charge is 2.20. The molecule has 1 atom stereocenters. The van der Waals surface area contributed by atoms with Gasteiger partial charge in [0, 0.05) is 9.61 Å². The molecule has 1 nitrogen and oxygen atoms in total. The zero-order chi connectivity index (χ0) is 11.5. The van der Waals surface area contributed by atoms with Crippen LogP contribution >= 0.6 is 22.6 Å². The molecule has 16 heavy (non-hydrogen) atoms. The minimum atomic E-state index is 0.231. The summed E-state index contributed by atoms with van der Waals surface area (Å²) in [6.45, 7) is 2.16. The summed E-state index contributed by atoms with van der Waals surface area (Å²) < 4.78 is 1.35. The van der Waals surface area contributed by atoms with E-state index in [1.54, 1.807) is 0 Å². The van der Waals surface area contributed by atoms with Crippen molar-refractivity contribution in [3.05, 3.63) is 32.9 Å². The van der Waals surface area contributed by atoms with Gasteiger partial charge in [-0.2, -0.15) is 0 Å². The van der Waals surface area contributed by atoms with Crippen LogP contribution in [0.25, 0.3) is 0 Å². The highest BCUT2D eigenvalue weighted by atomic mass is 127. The van der Waals surface area contributed by atoms with Gasteiger partial charge in [-0.25, -0.2) is 0 Å². The van der Waals surface area contributed by atoms with Gasteiger partial charge in [0.25, 0.3) is 0 Å². The van der Waals surface area contributed by atoms with Crippen LogP contribution in [0.15, 0.2) is 18.2 Å². The highest BCUT2D eigenvalue weighted by Crippen LogP contribution is 2.33. The molecule has 1 aromatic rings. The van der Waals surface area contributed by atoms with Gasteiger partial charge in [-0.3, -0.25) is 0 Å². The lowest BCUT2D eigenvalue weighted by molar-refractivity contribution is 0.450. The second-order valence-corrected chi connectivity index (χ2v) is 6.05. The number of nitrogens with two attached hydrogens (primary N) is 1. The van der Waals surface area contributed by atoms with Gasteiger partial charge >= 0.3 is 0 Å². The normalized spacial score (nSPS) is 18.9. The van der Waals surface area contributed by atoms with Crippen molar-refractivity contribution < 1.29 is 0 Å². The van der Waals surface area contributed by atoms with Crippen LogP contribution in [0.4, 0.5) is 0 Å². The summed E-state index contributed by atoms with van der Waals surface area (Å²) >= 11 is 2.43. The van der Waals surface area contributed by atoms with Gasteiger partial charge in [0.05, 0.1) is 0 Å². The second-order valence-electron chi connectivity index (χ2n) is 4.97. The molecule has 0 aromatic heterocycles. The van der Waals surface area contributed by atoms with Gasteiger partial charge in [0.1, 0.15) is 0 Å². The van der Waals surface area contributed by atoms with Crippen molar-refractivity contribution in [1.82, 2.24) is 0 Å². The number of hydrogen-bond acceptors (Lipinski definition) is 1. The van der Waals surface area contributed by atoms with Gasteiger partial charge in [0.15, 0.2) is 0 Å². The summed E-state index contributed by atoms with van der Waals surface area (Å²) in [6.07, 6.45) is 6.75. The van der Waals surface area contributed by atoms with E-state index in [1.165, 1.54) is 46.8 Å². The fraction of sp³-hybridized carbons (Fsp3) is 0.571. The summed E-state index contributed by atoms with van der Waals surface area (Å²) in [6, 6.07) is 6.71. The number of halogens is 1. The summed E-state index contributed by atoms with van der Waals surface area (Å²) in [5.41, 5.74) is 9.03. The van der Waals surface area contributed by atoms with Gasteiger partial charge in [-0.15, -0.1) is 0 Å². The Hall–Kier alpha value is -0.0900. The average Bonchev–Trinajstić information content (AvgIpc) is 2.74. The van der Waals surface area contributed by atoms with Crippen LogP contribution in [0.5, 0.6) is 0 Å². The fourth-order valence-electron chi connectivity index (χ4n) is 2.69. The van der Waals surface area contributed by atoms with E-state index in [4.69, 9.17) is 5.73 Å². The molecular weight excluding hydrogens is 309 g/mol. The first kappa shape index (κ1) is 12.4. The molecule has 0 heterocycles. The van der Waals surface area contributed by atoms with E-state index in [-0.39, 0.29) is 6.04 Å². The van der Waals surface area contributed by atoms with Crippen molar-refractivity contribution in [1.29, 1.82) is 0 Å². The summed E-state index contributed by atoms with van der Waals surface area (Å²) in [4.78, 5) is 0.